The fraction of sp³-hybridized carbons (Fsp3) is 0.481. The van der Waals surface area contributed by atoms with Crippen molar-refractivity contribution in [3.63, 3.8) is 0 Å². The Kier molecular flexibility index (Phi) is 7.44. The molecule has 1 aliphatic carbocycles. The van der Waals surface area contributed by atoms with E-state index in [0.29, 0.717) is 0 Å². The minimum absolute atomic E-state index is 0.722. The maximum absolute atomic E-state index is 11.5. The maximum Gasteiger partial charge on any atom is 0.119 e. The average Bonchev–Trinajstić information content (AvgIpc) is 2.81. The van der Waals surface area contributed by atoms with Gasteiger partial charge in [-0.1, -0.05) is 67.8 Å². The quantitative estimate of drug-likeness (QED) is 0.711. The Labute approximate surface area is 187 Å². The van der Waals surface area contributed by atoms with Crippen LogP contribution < -0.4 is 4.74 Å². The van der Waals surface area contributed by atoms with Crippen LogP contribution in [-0.2, 0) is 6.54 Å². The third-order valence-corrected chi connectivity index (χ3v) is 6.83. The Morgan fingerprint density at radius 1 is 0.935 bits per heavy atom. The van der Waals surface area contributed by atoms with Crippen LogP contribution in [0.2, 0.25) is 0 Å². The summed E-state index contributed by atoms with van der Waals surface area (Å²) < 4.78 is 5.46. The fourth-order valence-corrected chi connectivity index (χ4v) is 4.97. The fourth-order valence-electron chi connectivity index (χ4n) is 4.97. The zero-order valence-corrected chi connectivity index (χ0v) is 18.8. The normalized spacial score (nSPS) is 20.5. The second-order valence-corrected chi connectivity index (χ2v) is 9.00. The molecule has 1 N–H and O–H groups in total. The van der Waals surface area contributed by atoms with E-state index in [1.807, 2.05) is 12.1 Å². The molecule has 0 radical (unpaired) electrons. The summed E-state index contributed by atoms with van der Waals surface area (Å²) in [5.41, 5.74) is 2.83. The van der Waals surface area contributed by atoms with Crippen LogP contribution in [0.3, 0.4) is 0 Å². The summed E-state index contributed by atoms with van der Waals surface area (Å²) in [5, 5.41) is 11.5. The lowest BCUT2D eigenvalue weighted by Crippen LogP contribution is -2.46. The minimum Gasteiger partial charge on any atom is -0.497 e. The van der Waals surface area contributed by atoms with Crippen LogP contribution >= 0.6 is 0 Å². The number of ether oxygens (including phenoxy) is 1. The van der Waals surface area contributed by atoms with Gasteiger partial charge < -0.3 is 9.84 Å². The average molecular weight is 421 g/mol. The summed E-state index contributed by atoms with van der Waals surface area (Å²) >= 11 is 0. The molecule has 2 aromatic rings. The minimum atomic E-state index is -0.722. The summed E-state index contributed by atoms with van der Waals surface area (Å²) in [6.45, 7) is 6.21. The summed E-state index contributed by atoms with van der Waals surface area (Å²) in [4.78, 5) is 5.04. The maximum atomic E-state index is 11.5. The lowest BCUT2D eigenvalue weighted by atomic mass is 9.76. The van der Waals surface area contributed by atoms with Gasteiger partial charge in [-0.2, -0.15) is 0 Å². The number of rotatable bonds is 7. The van der Waals surface area contributed by atoms with Crippen LogP contribution in [0.1, 0.15) is 43.2 Å². The van der Waals surface area contributed by atoms with E-state index in [1.54, 1.807) is 7.11 Å². The number of aliphatic hydroxyl groups is 1. The molecular weight excluding hydrogens is 384 g/mol. The first-order valence-corrected chi connectivity index (χ1v) is 11.7. The van der Waals surface area contributed by atoms with Gasteiger partial charge in [0, 0.05) is 39.3 Å². The molecular formula is C27H36N2O2. The molecule has 1 saturated heterocycles. The van der Waals surface area contributed by atoms with Gasteiger partial charge in [0.05, 0.1) is 12.7 Å². The van der Waals surface area contributed by atoms with Crippen molar-refractivity contribution < 1.29 is 9.84 Å². The Morgan fingerprint density at radius 2 is 1.65 bits per heavy atom. The van der Waals surface area contributed by atoms with E-state index in [2.05, 4.69) is 58.3 Å². The van der Waals surface area contributed by atoms with Crippen molar-refractivity contribution in [3.8, 4) is 5.75 Å². The van der Waals surface area contributed by atoms with Crippen molar-refractivity contribution in [1.82, 2.24) is 9.80 Å². The Bertz CT molecular complexity index is 851. The van der Waals surface area contributed by atoms with Gasteiger partial charge >= 0.3 is 0 Å². The van der Waals surface area contributed by atoms with Crippen LogP contribution in [0.4, 0.5) is 0 Å². The molecule has 31 heavy (non-hydrogen) atoms. The number of benzene rings is 2. The van der Waals surface area contributed by atoms with E-state index in [0.717, 1.165) is 81.8 Å². The molecule has 0 atom stereocenters. The second-order valence-electron chi connectivity index (χ2n) is 9.00. The molecule has 0 aromatic heterocycles. The molecule has 2 aromatic carbocycles. The van der Waals surface area contributed by atoms with E-state index in [9.17, 15) is 5.11 Å². The largest absolute Gasteiger partial charge is 0.497 e. The van der Waals surface area contributed by atoms with E-state index >= 15 is 0 Å². The highest BCUT2D eigenvalue weighted by atomic mass is 16.5. The Balaban J connectivity index is 1.43. The molecule has 0 bridgehead atoms. The van der Waals surface area contributed by atoms with Crippen molar-refractivity contribution in [2.75, 3.05) is 39.8 Å². The molecule has 2 fully saturated rings. The molecule has 1 aliphatic heterocycles. The zero-order chi connectivity index (χ0) is 21.5. The van der Waals surface area contributed by atoms with Crippen LogP contribution in [0, 0.1) is 0 Å². The molecule has 4 heteroatoms. The first kappa shape index (κ1) is 22.1. The van der Waals surface area contributed by atoms with Crippen LogP contribution in [-0.4, -0.2) is 60.3 Å². The van der Waals surface area contributed by atoms with Crippen molar-refractivity contribution in [2.45, 2.75) is 44.2 Å². The van der Waals surface area contributed by atoms with Gasteiger partial charge in [0.1, 0.15) is 5.75 Å². The van der Waals surface area contributed by atoms with Crippen molar-refractivity contribution in [2.24, 2.45) is 0 Å². The lowest BCUT2D eigenvalue weighted by molar-refractivity contribution is 0.0608. The van der Waals surface area contributed by atoms with Gasteiger partial charge in [-0.25, -0.2) is 0 Å². The van der Waals surface area contributed by atoms with Crippen molar-refractivity contribution in [3.05, 3.63) is 71.8 Å². The molecule has 2 aliphatic rings. The first-order chi connectivity index (χ1) is 15.2. The van der Waals surface area contributed by atoms with E-state index < -0.39 is 5.60 Å². The van der Waals surface area contributed by atoms with Crippen LogP contribution in [0.15, 0.2) is 60.7 Å². The molecule has 0 amide bonds. The van der Waals surface area contributed by atoms with Crippen molar-refractivity contribution in [1.29, 1.82) is 0 Å². The number of methoxy groups -OCH3 is 1. The van der Waals surface area contributed by atoms with Gasteiger partial charge in [0.25, 0.3) is 0 Å². The van der Waals surface area contributed by atoms with E-state index in [4.69, 9.17) is 4.74 Å². The molecule has 0 spiro atoms. The van der Waals surface area contributed by atoms with Gasteiger partial charge in [-0.15, -0.1) is 0 Å². The van der Waals surface area contributed by atoms with E-state index in [1.165, 1.54) is 12.0 Å². The number of nitrogens with zero attached hydrogens (tertiary/aromatic N) is 2. The molecule has 1 heterocycles. The predicted molar refractivity (Wildman–Crippen MR) is 127 cm³/mol. The summed E-state index contributed by atoms with van der Waals surface area (Å²) in [7, 11) is 1.70. The molecule has 4 rings (SSSR count). The second kappa shape index (κ2) is 10.4. The Morgan fingerprint density at radius 3 is 2.35 bits per heavy atom. The monoisotopic (exact) mass is 420 g/mol. The van der Waals surface area contributed by atoms with E-state index in [-0.39, 0.29) is 0 Å². The number of hydrogen-bond donors (Lipinski definition) is 1. The summed E-state index contributed by atoms with van der Waals surface area (Å²) in [5.74, 6) is 0.845. The number of hydrogen-bond acceptors (Lipinski definition) is 4. The third kappa shape index (κ3) is 5.76. The first-order valence-electron chi connectivity index (χ1n) is 11.7. The van der Waals surface area contributed by atoms with Gasteiger partial charge in [0.2, 0.25) is 0 Å². The Hall–Kier alpha value is -2.14. The highest BCUT2D eigenvalue weighted by molar-refractivity contribution is 5.73. The SMILES string of the molecule is COc1cccc(/C(=C\CN2CCN(Cc3ccccc3)CC2)C2(O)CCCCC2)c1. The standard InChI is InChI=1S/C27H36N2O2/c1-31-25-12-8-11-24(21-25)26(27(30)14-6-3-7-15-27)13-16-28-17-19-29(20-18-28)22-23-9-4-2-5-10-23/h2,4-5,8-13,21,30H,3,6-7,14-20,22H2,1H3/b26-13+. The highest BCUT2D eigenvalue weighted by Gasteiger charge is 2.34. The van der Waals surface area contributed by atoms with Crippen LogP contribution in [0.25, 0.3) is 5.57 Å². The highest BCUT2D eigenvalue weighted by Crippen LogP contribution is 2.40. The molecule has 166 valence electrons. The molecule has 4 nitrogen and oxygen atoms in total. The molecule has 0 unspecified atom stereocenters. The van der Waals surface area contributed by atoms with Gasteiger partial charge in [-0.05, 0) is 41.7 Å². The number of piperazine rings is 1. The summed E-state index contributed by atoms with van der Waals surface area (Å²) in [6.07, 6.45) is 7.39. The third-order valence-electron chi connectivity index (χ3n) is 6.83. The van der Waals surface area contributed by atoms with Crippen LogP contribution in [0.5, 0.6) is 5.75 Å². The van der Waals surface area contributed by atoms with Gasteiger partial charge in [0.15, 0.2) is 0 Å². The smallest absolute Gasteiger partial charge is 0.119 e. The topological polar surface area (TPSA) is 35.9 Å². The zero-order valence-electron chi connectivity index (χ0n) is 18.8. The summed E-state index contributed by atoms with van der Waals surface area (Å²) in [6, 6.07) is 18.9. The molecule has 1 saturated carbocycles. The lowest BCUT2D eigenvalue weighted by Gasteiger charge is -2.37. The predicted octanol–water partition coefficient (Wildman–Crippen LogP) is 4.59. The van der Waals surface area contributed by atoms with Crippen molar-refractivity contribution >= 4 is 5.57 Å². The van der Waals surface area contributed by atoms with Gasteiger partial charge in [-0.3, -0.25) is 9.80 Å².